The number of anilines is 1. The van der Waals surface area contributed by atoms with E-state index in [9.17, 15) is 0 Å². The van der Waals surface area contributed by atoms with E-state index < -0.39 is 0 Å². The third-order valence-electron chi connectivity index (χ3n) is 3.11. The predicted octanol–water partition coefficient (Wildman–Crippen LogP) is 2.95. The van der Waals surface area contributed by atoms with Crippen molar-refractivity contribution in [1.82, 2.24) is 4.98 Å². The van der Waals surface area contributed by atoms with Crippen LogP contribution in [0.5, 0.6) is 0 Å². The average molecular weight is 241 g/mol. The Morgan fingerprint density at radius 3 is 2.19 bits per heavy atom. The minimum absolute atomic E-state index is 0.0778. The number of rotatable bonds is 4. The van der Waals surface area contributed by atoms with E-state index in [4.69, 9.17) is 5.73 Å². The summed E-state index contributed by atoms with van der Waals surface area (Å²) in [6, 6.07) is 0.570. The second kappa shape index (κ2) is 5.15. The van der Waals surface area contributed by atoms with Gasteiger partial charge in [0.2, 0.25) is 0 Å². The minimum Gasteiger partial charge on any atom is -0.348 e. The van der Waals surface area contributed by atoms with Gasteiger partial charge in [-0.25, -0.2) is 4.98 Å². The van der Waals surface area contributed by atoms with Crippen molar-refractivity contribution in [2.24, 2.45) is 11.7 Å². The van der Waals surface area contributed by atoms with Crippen LogP contribution in [0.25, 0.3) is 0 Å². The van der Waals surface area contributed by atoms with E-state index in [1.54, 1.807) is 11.3 Å². The molecule has 0 aliphatic carbocycles. The molecule has 0 saturated heterocycles. The lowest BCUT2D eigenvalue weighted by atomic mass is 10.1. The van der Waals surface area contributed by atoms with Gasteiger partial charge in [0.25, 0.3) is 0 Å². The van der Waals surface area contributed by atoms with Gasteiger partial charge in [-0.1, -0.05) is 13.8 Å². The van der Waals surface area contributed by atoms with Crippen molar-refractivity contribution >= 4 is 16.5 Å². The molecule has 0 aliphatic heterocycles. The third kappa shape index (κ3) is 2.74. The number of aryl methyl sites for hydroxylation is 1. The van der Waals surface area contributed by atoms with Crippen molar-refractivity contribution in [2.75, 3.05) is 11.9 Å². The molecule has 1 heterocycles. The van der Waals surface area contributed by atoms with E-state index in [-0.39, 0.29) is 6.04 Å². The summed E-state index contributed by atoms with van der Waals surface area (Å²) in [4.78, 5) is 8.04. The summed E-state index contributed by atoms with van der Waals surface area (Å²) in [5, 5.41) is 1.08. The van der Waals surface area contributed by atoms with Crippen molar-refractivity contribution < 1.29 is 0 Å². The van der Waals surface area contributed by atoms with Crippen molar-refractivity contribution in [1.29, 1.82) is 0 Å². The van der Waals surface area contributed by atoms with E-state index in [1.165, 1.54) is 4.88 Å². The Balaban J connectivity index is 2.93. The molecule has 1 aromatic rings. The van der Waals surface area contributed by atoms with Gasteiger partial charge in [0.1, 0.15) is 0 Å². The number of aromatic nitrogens is 1. The molecule has 1 aromatic heterocycles. The Morgan fingerprint density at radius 2 is 1.81 bits per heavy atom. The van der Waals surface area contributed by atoms with E-state index in [0.29, 0.717) is 12.0 Å². The second-order valence-corrected chi connectivity index (χ2v) is 5.84. The molecule has 0 bridgehead atoms. The van der Waals surface area contributed by atoms with Crippen molar-refractivity contribution in [3.63, 3.8) is 0 Å². The van der Waals surface area contributed by atoms with Crippen molar-refractivity contribution in [2.45, 2.75) is 46.7 Å². The van der Waals surface area contributed by atoms with Crippen LogP contribution in [-0.2, 0) is 0 Å². The fraction of sp³-hybridized carbons (Fsp3) is 0.750. The zero-order chi connectivity index (χ0) is 12.5. The molecular weight excluding hydrogens is 218 g/mol. The molecule has 2 atom stereocenters. The summed E-state index contributed by atoms with van der Waals surface area (Å²) in [6.07, 6.45) is 0. The molecule has 0 aliphatic rings. The fourth-order valence-corrected chi connectivity index (χ4v) is 2.66. The Morgan fingerprint density at radius 1 is 1.25 bits per heavy atom. The topological polar surface area (TPSA) is 42.2 Å². The second-order valence-electron chi connectivity index (χ2n) is 4.83. The molecule has 4 heteroatoms. The summed E-state index contributed by atoms with van der Waals surface area (Å²) in [5.41, 5.74) is 6.98. The van der Waals surface area contributed by atoms with Crippen LogP contribution < -0.4 is 10.6 Å². The first-order valence-electron chi connectivity index (χ1n) is 5.80. The molecule has 2 unspecified atom stereocenters. The number of hydrogen-bond donors (Lipinski definition) is 1. The number of hydrogen-bond acceptors (Lipinski definition) is 4. The highest BCUT2D eigenvalue weighted by Crippen LogP contribution is 2.30. The molecule has 0 spiro atoms. The van der Waals surface area contributed by atoms with Crippen LogP contribution in [0.4, 0.5) is 5.13 Å². The van der Waals surface area contributed by atoms with Gasteiger partial charge in [0.15, 0.2) is 5.13 Å². The monoisotopic (exact) mass is 241 g/mol. The van der Waals surface area contributed by atoms with Crippen LogP contribution in [0.15, 0.2) is 0 Å². The Hall–Kier alpha value is -0.610. The SMILES string of the molecule is Cc1nc(N(C)C(C)C(C)C)sc1C(C)N. The van der Waals surface area contributed by atoms with Gasteiger partial charge < -0.3 is 10.6 Å². The lowest BCUT2D eigenvalue weighted by Gasteiger charge is -2.27. The van der Waals surface area contributed by atoms with E-state index in [2.05, 4.69) is 37.7 Å². The maximum atomic E-state index is 5.92. The Labute approximate surface area is 103 Å². The van der Waals surface area contributed by atoms with Gasteiger partial charge in [0, 0.05) is 24.0 Å². The van der Waals surface area contributed by atoms with E-state index in [1.807, 2.05) is 13.8 Å². The number of nitrogens with zero attached hydrogens (tertiary/aromatic N) is 2. The summed E-state index contributed by atoms with van der Waals surface area (Å²) >= 11 is 1.71. The van der Waals surface area contributed by atoms with Crippen molar-refractivity contribution in [3.8, 4) is 0 Å². The molecule has 0 saturated carbocycles. The van der Waals surface area contributed by atoms with Crippen LogP contribution in [0.2, 0.25) is 0 Å². The molecule has 0 radical (unpaired) electrons. The van der Waals surface area contributed by atoms with Gasteiger partial charge in [0.05, 0.1) is 5.69 Å². The standard InChI is InChI=1S/C12H23N3S/c1-7(2)10(5)15(6)12-14-9(4)11(16-12)8(3)13/h7-8,10H,13H2,1-6H3. The maximum absolute atomic E-state index is 5.92. The largest absolute Gasteiger partial charge is 0.348 e. The fourth-order valence-electron chi connectivity index (χ4n) is 1.59. The van der Waals surface area contributed by atoms with Crippen molar-refractivity contribution in [3.05, 3.63) is 10.6 Å². The van der Waals surface area contributed by atoms with Gasteiger partial charge in [-0.2, -0.15) is 0 Å². The first-order chi connectivity index (χ1) is 7.34. The van der Waals surface area contributed by atoms with Crippen LogP contribution in [0, 0.1) is 12.8 Å². The van der Waals surface area contributed by atoms with Gasteiger partial charge >= 0.3 is 0 Å². The molecule has 1 rings (SSSR count). The molecule has 2 N–H and O–H groups in total. The average Bonchev–Trinajstić information content (AvgIpc) is 2.58. The molecule has 16 heavy (non-hydrogen) atoms. The summed E-state index contributed by atoms with van der Waals surface area (Å²) < 4.78 is 0. The highest BCUT2D eigenvalue weighted by Gasteiger charge is 2.19. The quantitative estimate of drug-likeness (QED) is 0.881. The van der Waals surface area contributed by atoms with Crippen LogP contribution in [-0.4, -0.2) is 18.1 Å². The van der Waals surface area contributed by atoms with Crippen LogP contribution in [0.3, 0.4) is 0 Å². The number of nitrogens with two attached hydrogens (primary N) is 1. The smallest absolute Gasteiger partial charge is 0.185 e. The molecule has 92 valence electrons. The molecule has 3 nitrogen and oxygen atoms in total. The first-order valence-corrected chi connectivity index (χ1v) is 6.62. The number of thiazole rings is 1. The zero-order valence-corrected chi connectivity index (χ0v) is 11.9. The lowest BCUT2D eigenvalue weighted by molar-refractivity contribution is 0.505. The first kappa shape index (κ1) is 13.5. The Kier molecular flexibility index (Phi) is 4.33. The van der Waals surface area contributed by atoms with E-state index in [0.717, 1.165) is 10.8 Å². The highest BCUT2D eigenvalue weighted by atomic mass is 32.1. The van der Waals surface area contributed by atoms with Gasteiger partial charge in [-0.15, -0.1) is 11.3 Å². The van der Waals surface area contributed by atoms with Gasteiger partial charge in [-0.3, -0.25) is 0 Å². The van der Waals surface area contributed by atoms with Crippen LogP contribution in [0.1, 0.15) is 44.3 Å². The predicted molar refractivity (Wildman–Crippen MR) is 72.2 cm³/mol. The summed E-state index contributed by atoms with van der Waals surface area (Å²) in [7, 11) is 2.11. The molecule has 0 fully saturated rings. The van der Waals surface area contributed by atoms with E-state index >= 15 is 0 Å². The minimum atomic E-state index is 0.0778. The summed E-state index contributed by atoms with van der Waals surface area (Å²) in [5.74, 6) is 0.618. The summed E-state index contributed by atoms with van der Waals surface area (Å²) in [6.45, 7) is 10.7. The van der Waals surface area contributed by atoms with Crippen LogP contribution >= 0.6 is 11.3 Å². The molecular formula is C12H23N3S. The highest BCUT2D eigenvalue weighted by molar-refractivity contribution is 7.15. The molecule has 0 amide bonds. The normalized spacial score (nSPS) is 15.2. The Bertz CT molecular complexity index is 344. The zero-order valence-electron chi connectivity index (χ0n) is 11.1. The third-order valence-corrected chi connectivity index (χ3v) is 4.56. The lowest BCUT2D eigenvalue weighted by Crippen LogP contribution is -2.32. The molecule has 0 aromatic carbocycles. The van der Waals surface area contributed by atoms with Gasteiger partial charge in [-0.05, 0) is 26.7 Å². The maximum Gasteiger partial charge on any atom is 0.185 e.